The van der Waals surface area contributed by atoms with Crippen molar-refractivity contribution in [1.29, 1.82) is 0 Å². The summed E-state index contributed by atoms with van der Waals surface area (Å²) in [6.07, 6.45) is 0. The van der Waals surface area contributed by atoms with Crippen LogP contribution in [0.15, 0.2) is 206 Å². The van der Waals surface area contributed by atoms with Crippen molar-refractivity contribution in [1.82, 2.24) is 9.97 Å². The Morgan fingerprint density at radius 3 is 1.39 bits per heavy atom. The fraction of sp³-hybridized carbons (Fsp3) is 0.0508. The Kier molecular flexibility index (Phi) is 7.92. The lowest BCUT2D eigenvalue weighted by Gasteiger charge is -2.22. The molecule has 2 nitrogen and oxygen atoms in total. The fourth-order valence-corrected chi connectivity index (χ4v) is 9.85. The van der Waals surface area contributed by atoms with E-state index in [1.807, 2.05) is 0 Å². The van der Waals surface area contributed by atoms with Crippen LogP contribution in [-0.2, 0) is 5.41 Å². The van der Waals surface area contributed by atoms with Crippen LogP contribution in [0.1, 0.15) is 25.0 Å². The monoisotopic (exact) mass is 776 g/mol. The summed E-state index contributed by atoms with van der Waals surface area (Å²) in [7, 11) is 0. The third-order valence-electron chi connectivity index (χ3n) is 13.1. The van der Waals surface area contributed by atoms with Crippen molar-refractivity contribution in [3.8, 4) is 67.3 Å². The molecule has 0 aliphatic heterocycles. The smallest absolute Gasteiger partial charge is 0.161 e. The molecule has 61 heavy (non-hydrogen) atoms. The normalized spacial score (nSPS) is 12.9. The maximum Gasteiger partial charge on any atom is 0.161 e. The minimum Gasteiger partial charge on any atom is -0.228 e. The van der Waals surface area contributed by atoms with Crippen molar-refractivity contribution < 1.29 is 0 Å². The number of hydrogen-bond acceptors (Lipinski definition) is 2. The number of aromatic nitrogens is 2. The molecular formula is C59H40N2. The van der Waals surface area contributed by atoms with Gasteiger partial charge in [0.2, 0.25) is 0 Å². The Bertz CT molecular complexity index is 3460. The number of hydrogen-bond donors (Lipinski definition) is 0. The molecule has 0 unspecified atom stereocenters. The van der Waals surface area contributed by atoms with Crippen LogP contribution in [0.25, 0.3) is 110 Å². The summed E-state index contributed by atoms with van der Waals surface area (Å²) >= 11 is 0. The molecule has 1 aliphatic rings. The van der Waals surface area contributed by atoms with Crippen LogP contribution in [0.4, 0.5) is 0 Å². The van der Waals surface area contributed by atoms with Crippen LogP contribution in [0.2, 0.25) is 0 Å². The standard InChI is InChI=1S/C59H40N2/c1-59(2)53-21-11-20-48(57(53)52-34-43-16-7-8-17-44(43)35-54(52)59)40-26-24-39(25-27-40)47-30-31-51(50-19-10-9-18-49(47)50)58-60-55(45-28-22-37-12-3-5-14-41(37)32-45)36-56(61-58)46-29-23-38-13-4-6-15-42(38)33-46/h3-36H,1-2H3. The van der Waals surface area contributed by atoms with E-state index < -0.39 is 0 Å². The van der Waals surface area contributed by atoms with Crippen LogP contribution in [-0.4, -0.2) is 9.97 Å². The molecule has 0 bridgehead atoms. The molecule has 0 saturated heterocycles. The summed E-state index contributed by atoms with van der Waals surface area (Å²) in [6, 6.07) is 75.0. The lowest BCUT2D eigenvalue weighted by Crippen LogP contribution is -2.14. The fourth-order valence-electron chi connectivity index (χ4n) is 9.85. The molecule has 0 saturated carbocycles. The quantitative estimate of drug-likeness (QED) is 0.174. The van der Waals surface area contributed by atoms with Gasteiger partial charge in [-0.05, 0) is 124 Å². The SMILES string of the molecule is CC1(C)c2cc3ccccc3cc2-c2c(-c3ccc(-c4ccc(-c5nc(-c6ccc7ccccc7c6)cc(-c6ccc7ccccc7c6)n5)c5ccccc45)cc3)cccc21. The summed E-state index contributed by atoms with van der Waals surface area (Å²) in [6.45, 7) is 4.73. The molecule has 11 aromatic rings. The number of nitrogens with zero attached hydrogens (tertiary/aromatic N) is 2. The van der Waals surface area contributed by atoms with Gasteiger partial charge in [-0.2, -0.15) is 0 Å². The van der Waals surface area contributed by atoms with Gasteiger partial charge in [0.15, 0.2) is 5.82 Å². The Balaban J connectivity index is 0.969. The highest BCUT2D eigenvalue weighted by atomic mass is 14.9. The van der Waals surface area contributed by atoms with E-state index in [4.69, 9.17) is 9.97 Å². The molecule has 0 spiro atoms. The Morgan fingerprint density at radius 1 is 0.311 bits per heavy atom. The summed E-state index contributed by atoms with van der Waals surface area (Å²) in [5.74, 6) is 0.709. The maximum atomic E-state index is 5.33. The van der Waals surface area contributed by atoms with E-state index in [9.17, 15) is 0 Å². The predicted molar refractivity (Wildman–Crippen MR) is 257 cm³/mol. The number of rotatable bonds is 5. The second-order valence-corrected chi connectivity index (χ2v) is 17.0. The minimum absolute atomic E-state index is 0.0831. The first-order valence-corrected chi connectivity index (χ1v) is 21.1. The van der Waals surface area contributed by atoms with Crippen molar-refractivity contribution >= 4 is 43.1 Å². The summed E-state index contributed by atoms with van der Waals surface area (Å²) < 4.78 is 0. The molecule has 12 rings (SSSR count). The molecule has 0 N–H and O–H groups in total. The van der Waals surface area contributed by atoms with Gasteiger partial charge < -0.3 is 0 Å². The van der Waals surface area contributed by atoms with E-state index in [0.717, 1.165) is 33.5 Å². The lowest BCUT2D eigenvalue weighted by molar-refractivity contribution is 0.661. The summed E-state index contributed by atoms with van der Waals surface area (Å²) in [5, 5.41) is 9.65. The number of fused-ring (bicyclic) bond motifs is 7. The maximum absolute atomic E-state index is 5.33. The third kappa shape index (κ3) is 5.79. The highest BCUT2D eigenvalue weighted by molar-refractivity contribution is 6.05. The van der Waals surface area contributed by atoms with Crippen LogP contribution < -0.4 is 0 Å². The van der Waals surface area contributed by atoms with E-state index in [1.54, 1.807) is 0 Å². The molecule has 2 heteroatoms. The summed E-state index contributed by atoms with van der Waals surface area (Å²) in [4.78, 5) is 10.7. The first kappa shape index (κ1) is 35.3. The van der Waals surface area contributed by atoms with Crippen molar-refractivity contribution in [2.45, 2.75) is 19.3 Å². The van der Waals surface area contributed by atoms with Crippen LogP contribution >= 0.6 is 0 Å². The van der Waals surface area contributed by atoms with Crippen molar-refractivity contribution in [3.63, 3.8) is 0 Å². The molecule has 1 aliphatic carbocycles. The average Bonchev–Trinajstić information content (AvgIpc) is 3.54. The molecule has 0 fully saturated rings. The zero-order valence-electron chi connectivity index (χ0n) is 34.0. The second kappa shape index (κ2) is 13.7. The second-order valence-electron chi connectivity index (χ2n) is 17.0. The molecule has 0 amide bonds. The van der Waals surface area contributed by atoms with Crippen molar-refractivity contribution in [2.75, 3.05) is 0 Å². The highest BCUT2D eigenvalue weighted by Gasteiger charge is 2.37. The molecule has 286 valence electrons. The largest absolute Gasteiger partial charge is 0.228 e. The van der Waals surface area contributed by atoms with Gasteiger partial charge in [-0.25, -0.2) is 9.97 Å². The average molecular weight is 777 g/mol. The van der Waals surface area contributed by atoms with Gasteiger partial charge in [0.1, 0.15) is 0 Å². The predicted octanol–water partition coefficient (Wildman–Crippen LogP) is 15.7. The van der Waals surface area contributed by atoms with Crippen molar-refractivity contribution in [3.05, 3.63) is 217 Å². The molecule has 1 heterocycles. The van der Waals surface area contributed by atoms with Gasteiger partial charge >= 0.3 is 0 Å². The lowest BCUT2D eigenvalue weighted by atomic mass is 9.81. The summed E-state index contributed by atoms with van der Waals surface area (Å²) in [5.41, 5.74) is 15.2. The van der Waals surface area contributed by atoms with E-state index >= 15 is 0 Å². The van der Waals surface area contributed by atoms with E-state index in [-0.39, 0.29) is 5.41 Å². The van der Waals surface area contributed by atoms with E-state index in [1.165, 1.54) is 82.2 Å². The first-order valence-electron chi connectivity index (χ1n) is 21.1. The van der Waals surface area contributed by atoms with Crippen molar-refractivity contribution in [2.24, 2.45) is 0 Å². The molecule has 0 atom stereocenters. The van der Waals surface area contributed by atoms with Gasteiger partial charge in [-0.15, -0.1) is 0 Å². The molecule has 10 aromatic carbocycles. The Morgan fingerprint density at radius 2 is 0.787 bits per heavy atom. The zero-order chi connectivity index (χ0) is 40.7. The van der Waals surface area contributed by atoms with Crippen LogP contribution in [0.5, 0.6) is 0 Å². The highest BCUT2D eigenvalue weighted by Crippen LogP contribution is 2.53. The van der Waals surface area contributed by atoms with E-state index in [2.05, 4.69) is 220 Å². The van der Waals surface area contributed by atoms with Gasteiger partial charge in [0.25, 0.3) is 0 Å². The zero-order valence-corrected chi connectivity index (χ0v) is 34.0. The topological polar surface area (TPSA) is 25.8 Å². The number of benzene rings is 10. The van der Waals surface area contributed by atoms with Gasteiger partial charge in [0, 0.05) is 22.1 Å². The van der Waals surface area contributed by atoms with Gasteiger partial charge in [-0.1, -0.05) is 184 Å². The third-order valence-corrected chi connectivity index (χ3v) is 13.1. The Hall–Kier alpha value is -7.68. The van der Waals surface area contributed by atoms with Gasteiger partial charge in [0.05, 0.1) is 11.4 Å². The van der Waals surface area contributed by atoms with Gasteiger partial charge in [-0.3, -0.25) is 0 Å². The molecule has 1 aromatic heterocycles. The first-order chi connectivity index (χ1) is 30.0. The van der Waals surface area contributed by atoms with Crippen LogP contribution in [0.3, 0.4) is 0 Å². The molecule has 0 radical (unpaired) electrons. The van der Waals surface area contributed by atoms with Crippen LogP contribution in [0, 0.1) is 0 Å². The minimum atomic E-state index is -0.0831. The van der Waals surface area contributed by atoms with E-state index in [0.29, 0.717) is 5.82 Å². The Labute approximate surface area is 355 Å². The molecular weight excluding hydrogens is 737 g/mol.